The minimum Gasteiger partial charge on any atom is -0.294 e. The Balaban J connectivity index is 1.95. The van der Waals surface area contributed by atoms with Gasteiger partial charge in [-0.1, -0.05) is 42.3 Å². The summed E-state index contributed by atoms with van der Waals surface area (Å²) in [5.74, 6) is 0.307. The minimum absolute atomic E-state index is 0.130. The fourth-order valence-electron chi connectivity index (χ4n) is 4.73. The van der Waals surface area contributed by atoms with Crippen molar-refractivity contribution in [3.05, 3.63) is 58.2 Å². The molecule has 0 unspecified atom stereocenters. The molecule has 1 heteroatoms. The highest BCUT2D eigenvalue weighted by Crippen LogP contribution is 2.56. The molecule has 0 aromatic heterocycles. The van der Waals surface area contributed by atoms with E-state index in [0.29, 0.717) is 5.78 Å². The van der Waals surface area contributed by atoms with E-state index >= 15 is 0 Å². The van der Waals surface area contributed by atoms with Crippen molar-refractivity contribution >= 4 is 5.78 Å². The number of benzene rings is 1. The van der Waals surface area contributed by atoms with Crippen molar-refractivity contribution in [2.75, 3.05) is 0 Å². The van der Waals surface area contributed by atoms with E-state index in [0.717, 1.165) is 25.7 Å². The van der Waals surface area contributed by atoms with Crippen molar-refractivity contribution in [3.63, 3.8) is 0 Å². The van der Waals surface area contributed by atoms with Gasteiger partial charge in [0.15, 0.2) is 5.78 Å². The number of hydrogen-bond acceptors (Lipinski definition) is 1. The van der Waals surface area contributed by atoms with Crippen molar-refractivity contribution in [1.82, 2.24) is 0 Å². The Bertz CT molecular complexity index is 721. The molecule has 0 bridgehead atoms. The topological polar surface area (TPSA) is 17.1 Å². The fourth-order valence-corrected chi connectivity index (χ4v) is 4.73. The summed E-state index contributed by atoms with van der Waals surface area (Å²) in [4.78, 5) is 12.3. The first-order chi connectivity index (χ1) is 9.95. The molecule has 0 N–H and O–H groups in total. The number of aryl methyl sites for hydroxylation is 2. The molecule has 1 aromatic rings. The smallest absolute Gasteiger partial charge is 0.165 e. The largest absolute Gasteiger partial charge is 0.294 e. The van der Waals surface area contributed by atoms with Crippen LogP contribution in [-0.4, -0.2) is 5.78 Å². The third-order valence-electron chi connectivity index (χ3n) is 6.16. The third kappa shape index (κ3) is 1.55. The second-order valence-electron chi connectivity index (χ2n) is 7.41. The quantitative estimate of drug-likeness (QED) is 0.686. The molecule has 108 valence electrons. The molecule has 0 aliphatic heterocycles. The van der Waals surface area contributed by atoms with Crippen LogP contribution >= 0.6 is 0 Å². The van der Waals surface area contributed by atoms with Crippen LogP contribution in [0.1, 0.15) is 49.8 Å². The molecule has 3 aliphatic rings. The summed E-state index contributed by atoms with van der Waals surface area (Å²) in [6.07, 6.45) is 8.19. The number of ketones is 1. The van der Waals surface area contributed by atoms with E-state index in [9.17, 15) is 4.79 Å². The van der Waals surface area contributed by atoms with Crippen molar-refractivity contribution in [1.29, 1.82) is 0 Å². The number of rotatable bonds is 0. The molecule has 0 amide bonds. The highest BCUT2D eigenvalue weighted by atomic mass is 16.1. The van der Waals surface area contributed by atoms with Gasteiger partial charge in [-0.05, 0) is 62.3 Å². The molecule has 0 radical (unpaired) electrons. The molecule has 4 rings (SSSR count). The molecular formula is C20H22O. The SMILES string of the molecule is Cc1ccc2c(c1)CCC1=C3C=CC(=O)[C@@]3(C)CC[C@]12C. The lowest BCUT2D eigenvalue weighted by atomic mass is 9.56. The van der Waals surface area contributed by atoms with Gasteiger partial charge < -0.3 is 0 Å². The summed E-state index contributed by atoms with van der Waals surface area (Å²) >= 11 is 0. The monoisotopic (exact) mass is 278 g/mol. The standard InChI is InChI=1S/C20H22O/c1-13-4-6-15-14(12-13)5-7-16-17-8-9-18(21)20(17,3)11-10-19(15,16)2/h4,6,8-9,12H,5,7,10-11H2,1-3H3/t19-,20-/m0/s1. The van der Waals surface area contributed by atoms with Crippen LogP contribution in [0.5, 0.6) is 0 Å². The first-order valence-corrected chi connectivity index (χ1v) is 8.02. The molecule has 0 saturated heterocycles. The Labute approximate surface area is 126 Å². The lowest BCUT2D eigenvalue weighted by molar-refractivity contribution is -0.121. The summed E-state index contributed by atoms with van der Waals surface area (Å²) in [6.45, 7) is 6.70. The summed E-state index contributed by atoms with van der Waals surface area (Å²) in [7, 11) is 0. The fraction of sp³-hybridized carbons (Fsp3) is 0.450. The molecular weight excluding hydrogens is 256 g/mol. The van der Waals surface area contributed by atoms with E-state index in [2.05, 4.69) is 45.0 Å². The van der Waals surface area contributed by atoms with E-state index in [1.165, 1.54) is 27.8 Å². The van der Waals surface area contributed by atoms with E-state index in [1.807, 2.05) is 0 Å². The van der Waals surface area contributed by atoms with Gasteiger partial charge >= 0.3 is 0 Å². The second-order valence-corrected chi connectivity index (χ2v) is 7.41. The number of hydrogen-bond donors (Lipinski definition) is 0. The first kappa shape index (κ1) is 13.1. The van der Waals surface area contributed by atoms with Gasteiger partial charge in [0, 0.05) is 5.41 Å². The molecule has 2 atom stereocenters. The Morgan fingerprint density at radius 1 is 1.00 bits per heavy atom. The Morgan fingerprint density at radius 3 is 2.57 bits per heavy atom. The zero-order valence-corrected chi connectivity index (χ0v) is 13.1. The zero-order valence-electron chi connectivity index (χ0n) is 13.1. The average molecular weight is 278 g/mol. The maximum Gasteiger partial charge on any atom is 0.165 e. The Morgan fingerprint density at radius 2 is 1.76 bits per heavy atom. The molecule has 0 fully saturated rings. The average Bonchev–Trinajstić information content (AvgIpc) is 2.75. The minimum atomic E-state index is -0.239. The van der Waals surface area contributed by atoms with Gasteiger partial charge in [-0.15, -0.1) is 0 Å². The number of carbonyl (C=O) groups is 1. The number of fused-ring (bicyclic) bond motifs is 4. The van der Waals surface area contributed by atoms with E-state index in [1.54, 1.807) is 6.08 Å². The predicted octanol–water partition coefficient (Wildman–Crippen LogP) is 4.43. The lowest BCUT2D eigenvalue weighted by Crippen LogP contribution is -2.40. The maximum absolute atomic E-state index is 12.3. The highest BCUT2D eigenvalue weighted by molar-refractivity contribution is 6.02. The lowest BCUT2D eigenvalue weighted by Gasteiger charge is -2.47. The Kier molecular flexibility index (Phi) is 2.47. The molecule has 3 aliphatic carbocycles. The molecule has 21 heavy (non-hydrogen) atoms. The van der Waals surface area contributed by atoms with Crippen LogP contribution < -0.4 is 0 Å². The van der Waals surface area contributed by atoms with Crippen LogP contribution in [0, 0.1) is 12.3 Å². The van der Waals surface area contributed by atoms with Crippen LogP contribution in [0.2, 0.25) is 0 Å². The second kappa shape index (κ2) is 3.97. The Hall–Kier alpha value is -1.63. The van der Waals surface area contributed by atoms with Gasteiger partial charge in [0.1, 0.15) is 0 Å². The summed E-state index contributed by atoms with van der Waals surface area (Å²) in [5.41, 5.74) is 7.10. The highest BCUT2D eigenvalue weighted by Gasteiger charge is 2.50. The van der Waals surface area contributed by atoms with Crippen molar-refractivity contribution in [2.45, 2.75) is 51.9 Å². The van der Waals surface area contributed by atoms with Crippen molar-refractivity contribution < 1.29 is 4.79 Å². The predicted molar refractivity (Wildman–Crippen MR) is 85.4 cm³/mol. The van der Waals surface area contributed by atoms with E-state index in [4.69, 9.17) is 0 Å². The summed E-state index contributed by atoms with van der Waals surface area (Å²) in [5, 5.41) is 0. The molecule has 1 nitrogen and oxygen atoms in total. The molecule has 0 saturated carbocycles. The van der Waals surface area contributed by atoms with Gasteiger partial charge in [-0.3, -0.25) is 4.79 Å². The zero-order chi connectivity index (χ0) is 14.8. The van der Waals surface area contributed by atoms with Gasteiger partial charge in [0.2, 0.25) is 0 Å². The van der Waals surface area contributed by atoms with Gasteiger partial charge in [0.25, 0.3) is 0 Å². The summed E-state index contributed by atoms with van der Waals surface area (Å²) < 4.78 is 0. The van der Waals surface area contributed by atoms with Gasteiger partial charge in [-0.25, -0.2) is 0 Å². The third-order valence-corrected chi connectivity index (χ3v) is 6.16. The maximum atomic E-state index is 12.3. The first-order valence-electron chi connectivity index (χ1n) is 8.02. The van der Waals surface area contributed by atoms with Crippen molar-refractivity contribution in [3.8, 4) is 0 Å². The number of allylic oxidation sites excluding steroid dienone is 4. The molecule has 0 spiro atoms. The van der Waals surface area contributed by atoms with Crippen molar-refractivity contribution in [2.24, 2.45) is 5.41 Å². The van der Waals surface area contributed by atoms with Gasteiger partial charge in [0.05, 0.1) is 5.41 Å². The van der Waals surface area contributed by atoms with E-state index < -0.39 is 0 Å². The van der Waals surface area contributed by atoms with Crippen LogP contribution in [0.25, 0.3) is 0 Å². The van der Waals surface area contributed by atoms with Gasteiger partial charge in [-0.2, -0.15) is 0 Å². The van der Waals surface area contributed by atoms with E-state index in [-0.39, 0.29) is 10.8 Å². The van der Waals surface area contributed by atoms with Crippen LogP contribution in [0.3, 0.4) is 0 Å². The van der Waals surface area contributed by atoms with Crippen LogP contribution in [0.15, 0.2) is 41.5 Å². The molecule has 0 heterocycles. The summed E-state index contributed by atoms with van der Waals surface area (Å²) in [6, 6.07) is 6.92. The number of carbonyl (C=O) groups excluding carboxylic acids is 1. The van der Waals surface area contributed by atoms with Crippen LogP contribution in [-0.2, 0) is 16.6 Å². The molecule has 1 aromatic carbocycles. The normalized spacial score (nSPS) is 33.8. The van der Waals surface area contributed by atoms with Crippen LogP contribution in [0.4, 0.5) is 0 Å².